The van der Waals surface area contributed by atoms with Crippen molar-refractivity contribution < 1.29 is 4.79 Å². The Morgan fingerprint density at radius 3 is 2.61 bits per heavy atom. The molecule has 18 heavy (non-hydrogen) atoms. The number of rotatable bonds is 5. The maximum absolute atomic E-state index is 10.5. The van der Waals surface area contributed by atoms with Crippen LogP contribution in [0.15, 0.2) is 42.5 Å². The van der Waals surface area contributed by atoms with Gasteiger partial charge in [0.1, 0.15) is 0 Å². The van der Waals surface area contributed by atoms with Crippen molar-refractivity contribution in [3.8, 4) is 0 Å². The molecule has 0 fully saturated rings. The number of benzene rings is 2. The van der Waals surface area contributed by atoms with Crippen LogP contribution < -0.4 is 16.4 Å². The molecule has 0 aromatic heterocycles. The van der Waals surface area contributed by atoms with E-state index in [2.05, 4.69) is 41.0 Å². The van der Waals surface area contributed by atoms with Gasteiger partial charge in [-0.2, -0.15) is 0 Å². The van der Waals surface area contributed by atoms with Crippen LogP contribution in [0.4, 0.5) is 4.79 Å². The number of primary amides is 1. The molecular formula is C14H17N3O. The first-order chi connectivity index (χ1) is 8.75. The van der Waals surface area contributed by atoms with Crippen molar-refractivity contribution in [2.75, 3.05) is 13.1 Å². The van der Waals surface area contributed by atoms with Gasteiger partial charge in [0, 0.05) is 19.6 Å². The fourth-order valence-corrected chi connectivity index (χ4v) is 1.86. The zero-order valence-corrected chi connectivity index (χ0v) is 10.1. The van der Waals surface area contributed by atoms with E-state index >= 15 is 0 Å². The lowest BCUT2D eigenvalue weighted by atomic mass is 10.1. The molecule has 0 heterocycles. The molecule has 0 aliphatic heterocycles. The van der Waals surface area contributed by atoms with Gasteiger partial charge in [-0.15, -0.1) is 0 Å². The van der Waals surface area contributed by atoms with Gasteiger partial charge in [-0.25, -0.2) is 4.79 Å². The number of nitrogens with two attached hydrogens (primary N) is 1. The van der Waals surface area contributed by atoms with Gasteiger partial charge in [-0.05, 0) is 22.4 Å². The fraction of sp³-hybridized carbons (Fsp3) is 0.214. The maximum atomic E-state index is 10.5. The van der Waals surface area contributed by atoms with Crippen LogP contribution in [0.25, 0.3) is 10.8 Å². The van der Waals surface area contributed by atoms with E-state index in [9.17, 15) is 4.79 Å². The van der Waals surface area contributed by atoms with E-state index in [1.165, 1.54) is 16.3 Å². The third kappa shape index (κ3) is 3.46. The summed E-state index contributed by atoms with van der Waals surface area (Å²) in [5.41, 5.74) is 6.20. The fourth-order valence-electron chi connectivity index (χ4n) is 1.86. The lowest BCUT2D eigenvalue weighted by molar-refractivity contribution is 0.249. The summed E-state index contributed by atoms with van der Waals surface area (Å²) in [4.78, 5) is 10.5. The number of nitrogens with one attached hydrogen (secondary N) is 2. The molecule has 0 bridgehead atoms. The summed E-state index contributed by atoms with van der Waals surface area (Å²) in [5.74, 6) is 0. The van der Waals surface area contributed by atoms with Crippen LogP contribution in [0.5, 0.6) is 0 Å². The molecule has 4 heteroatoms. The Labute approximate surface area is 106 Å². The highest BCUT2D eigenvalue weighted by molar-refractivity contribution is 5.82. The van der Waals surface area contributed by atoms with Crippen molar-refractivity contribution in [1.82, 2.24) is 10.6 Å². The molecule has 2 aromatic carbocycles. The van der Waals surface area contributed by atoms with Crippen LogP contribution in [0, 0.1) is 0 Å². The molecule has 2 amide bonds. The van der Waals surface area contributed by atoms with E-state index in [-0.39, 0.29) is 0 Å². The first-order valence-electron chi connectivity index (χ1n) is 5.97. The van der Waals surface area contributed by atoms with Crippen molar-refractivity contribution in [1.29, 1.82) is 0 Å². The number of urea groups is 1. The molecule has 0 unspecified atom stereocenters. The summed E-state index contributed by atoms with van der Waals surface area (Å²) < 4.78 is 0. The van der Waals surface area contributed by atoms with E-state index in [1.807, 2.05) is 12.1 Å². The third-order valence-corrected chi connectivity index (χ3v) is 2.74. The summed E-state index contributed by atoms with van der Waals surface area (Å²) in [6.45, 7) is 2.03. The van der Waals surface area contributed by atoms with Gasteiger partial charge < -0.3 is 16.4 Å². The highest BCUT2D eigenvalue weighted by Crippen LogP contribution is 2.15. The van der Waals surface area contributed by atoms with Crippen molar-refractivity contribution >= 4 is 16.8 Å². The molecular weight excluding hydrogens is 226 g/mol. The minimum Gasteiger partial charge on any atom is -0.352 e. The second-order valence-electron chi connectivity index (χ2n) is 4.15. The molecule has 2 aromatic rings. The zero-order chi connectivity index (χ0) is 12.8. The lowest BCUT2D eigenvalue weighted by Crippen LogP contribution is -2.35. The largest absolute Gasteiger partial charge is 0.352 e. The van der Waals surface area contributed by atoms with Crippen LogP contribution in [-0.4, -0.2) is 19.1 Å². The van der Waals surface area contributed by atoms with E-state index in [0.29, 0.717) is 13.1 Å². The molecule has 0 aliphatic rings. The van der Waals surface area contributed by atoms with Gasteiger partial charge in [0.15, 0.2) is 0 Å². The summed E-state index contributed by atoms with van der Waals surface area (Å²) >= 11 is 0. The zero-order valence-electron chi connectivity index (χ0n) is 10.1. The number of hydrogen-bond donors (Lipinski definition) is 3. The van der Waals surface area contributed by atoms with Crippen LogP contribution in [0.2, 0.25) is 0 Å². The summed E-state index contributed by atoms with van der Waals surface area (Å²) in [6, 6.07) is 14.2. The first kappa shape index (κ1) is 12.4. The molecule has 0 atom stereocenters. The van der Waals surface area contributed by atoms with Crippen LogP contribution in [0.3, 0.4) is 0 Å². The Bertz CT molecular complexity index is 539. The monoisotopic (exact) mass is 243 g/mol. The highest BCUT2D eigenvalue weighted by Gasteiger charge is 1.96. The second-order valence-corrected chi connectivity index (χ2v) is 4.15. The van der Waals surface area contributed by atoms with Crippen molar-refractivity contribution in [2.24, 2.45) is 5.73 Å². The summed E-state index contributed by atoms with van der Waals surface area (Å²) in [5, 5.41) is 8.28. The van der Waals surface area contributed by atoms with E-state index in [0.717, 1.165) is 6.54 Å². The van der Waals surface area contributed by atoms with Gasteiger partial charge in [-0.1, -0.05) is 36.4 Å². The maximum Gasteiger partial charge on any atom is 0.312 e. The van der Waals surface area contributed by atoms with E-state index < -0.39 is 6.03 Å². The number of hydrogen-bond acceptors (Lipinski definition) is 2. The summed E-state index contributed by atoms with van der Waals surface area (Å²) in [7, 11) is 0. The molecule has 0 saturated carbocycles. The molecule has 0 saturated heterocycles. The number of fused-ring (bicyclic) bond motifs is 1. The predicted octanol–water partition coefficient (Wildman–Crippen LogP) is 1.60. The quantitative estimate of drug-likeness (QED) is 0.698. The Morgan fingerprint density at radius 2 is 1.83 bits per heavy atom. The standard InChI is InChI=1S/C14H17N3O/c15-14(18)17-8-7-16-10-11-5-6-12-3-1-2-4-13(12)9-11/h1-6,9,16H,7-8,10H2,(H3,15,17,18). The minimum atomic E-state index is -0.484. The minimum absolute atomic E-state index is 0.484. The molecule has 4 nitrogen and oxygen atoms in total. The molecule has 0 radical (unpaired) electrons. The Hall–Kier alpha value is -2.07. The smallest absolute Gasteiger partial charge is 0.312 e. The second kappa shape index (κ2) is 6.02. The molecule has 4 N–H and O–H groups in total. The average Bonchev–Trinajstić information content (AvgIpc) is 2.38. The number of amides is 2. The van der Waals surface area contributed by atoms with Gasteiger partial charge in [0.05, 0.1) is 0 Å². The molecule has 2 rings (SSSR count). The SMILES string of the molecule is NC(=O)NCCNCc1ccc2ccccc2c1. The van der Waals surface area contributed by atoms with Crippen molar-refractivity contribution in [3.63, 3.8) is 0 Å². The van der Waals surface area contributed by atoms with Crippen LogP contribution >= 0.6 is 0 Å². The molecule has 0 spiro atoms. The van der Waals surface area contributed by atoms with Crippen LogP contribution in [0.1, 0.15) is 5.56 Å². The van der Waals surface area contributed by atoms with Gasteiger partial charge in [0.25, 0.3) is 0 Å². The topological polar surface area (TPSA) is 67.2 Å². The number of carbonyl (C=O) groups is 1. The van der Waals surface area contributed by atoms with E-state index in [4.69, 9.17) is 5.73 Å². The summed E-state index contributed by atoms with van der Waals surface area (Å²) in [6.07, 6.45) is 0. The van der Waals surface area contributed by atoms with Crippen molar-refractivity contribution in [2.45, 2.75) is 6.54 Å². The molecule has 0 aliphatic carbocycles. The highest BCUT2D eigenvalue weighted by atomic mass is 16.2. The van der Waals surface area contributed by atoms with Crippen LogP contribution in [-0.2, 0) is 6.54 Å². The molecule has 94 valence electrons. The van der Waals surface area contributed by atoms with E-state index in [1.54, 1.807) is 0 Å². The van der Waals surface area contributed by atoms with Gasteiger partial charge >= 0.3 is 6.03 Å². The average molecular weight is 243 g/mol. The van der Waals surface area contributed by atoms with Crippen molar-refractivity contribution in [3.05, 3.63) is 48.0 Å². The van der Waals surface area contributed by atoms with Gasteiger partial charge in [-0.3, -0.25) is 0 Å². The Kier molecular flexibility index (Phi) is 4.15. The normalized spacial score (nSPS) is 10.4. The lowest BCUT2D eigenvalue weighted by Gasteiger charge is -2.06. The van der Waals surface area contributed by atoms with Gasteiger partial charge in [0.2, 0.25) is 0 Å². The predicted molar refractivity (Wildman–Crippen MR) is 73.2 cm³/mol. The number of carbonyl (C=O) groups excluding carboxylic acids is 1. The Balaban J connectivity index is 1.86. The Morgan fingerprint density at radius 1 is 1.06 bits per heavy atom. The first-order valence-corrected chi connectivity index (χ1v) is 5.97. The third-order valence-electron chi connectivity index (χ3n) is 2.74.